The van der Waals surface area contributed by atoms with Crippen LogP contribution >= 0.6 is 12.4 Å². The molecule has 2 N–H and O–H groups in total. The summed E-state index contributed by atoms with van der Waals surface area (Å²) in [6.45, 7) is 2.06. The molecule has 4 atom stereocenters. The Hall–Kier alpha value is -1.80. The summed E-state index contributed by atoms with van der Waals surface area (Å²) in [6.07, 6.45) is -0.930. The van der Waals surface area contributed by atoms with Crippen molar-refractivity contribution in [3.63, 3.8) is 0 Å². The van der Waals surface area contributed by atoms with E-state index in [1.165, 1.54) is 12.1 Å². The smallest absolute Gasteiger partial charge is 0.350 e. The molecule has 0 aliphatic carbocycles. The van der Waals surface area contributed by atoms with E-state index < -0.39 is 17.6 Å². The first-order valence-corrected chi connectivity index (χ1v) is 9.82. The average molecular weight is 432 g/mol. The van der Waals surface area contributed by atoms with Crippen LogP contribution in [0.15, 0.2) is 24.3 Å². The van der Waals surface area contributed by atoms with Gasteiger partial charge in [-0.15, -0.1) is 12.4 Å². The Labute approximate surface area is 173 Å². The lowest BCUT2D eigenvalue weighted by Crippen LogP contribution is -2.66. The second kappa shape index (κ2) is 8.52. The van der Waals surface area contributed by atoms with Crippen molar-refractivity contribution in [2.24, 2.45) is 11.8 Å². The van der Waals surface area contributed by atoms with Crippen LogP contribution in [-0.4, -0.2) is 48.4 Å². The van der Waals surface area contributed by atoms with Gasteiger partial charge in [-0.2, -0.15) is 13.2 Å². The lowest BCUT2D eigenvalue weighted by molar-refractivity contribution is -0.149. The van der Waals surface area contributed by atoms with Crippen molar-refractivity contribution in [3.8, 4) is 0 Å². The van der Waals surface area contributed by atoms with Crippen LogP contribution in [0, 0.1) is 11.8 Å². The molecule has 0 spiro atoms. The van der Waals surface area contributed by atoms with Crippen molar-refractivity contribution in [1.82, 2.24) is 15.5 Å². The third kappa shape index (κ3) is 4.38. The third-order valence-corrected chi connectivity index (χ3v) is 6.35. The lowest BCUT2D eigenvalue weighted by Gasteiger charge is -2.54. The van der Waals surface area contributed by atoms with Crippen LogP contribution in [0.5, 0.6) is 0 Å². The highest BCUT2D eigenvalue weighted by atomic mass is 35.5. The molecule has 0 saturated carbocycles. The molecule has 0 unspecified atom stereocenters. The largest absolute Gasteiger partial charge is 0.416 e. The van der Waals surface area contributed by atoms with Gasteiger partial charge in [0.15, 0.2) is 0 Å². The van der Waals surface area contributed by atoms with E-state index in [9.17, 15) is 22.8 Å². The fourth-order valence-electron chi connectivity index (χ4n) is 5.01. The minimum atomic E-state index is -4.43. The SMILES string of the molecule is Cl.O=C(NC[C@H]1[C@@H]2CNC[C@@H](C2)[C@@H]2CCCC(=O)N21)c1ccc(C(F)(F)F)cc1. The van der Waals surface area contributed by atoms with Gasteiger partial charge in [0.05, 0.1) is 11.6 Å². The predicted octanol–water partition coefficient (Wildman–Crippen LogP) is 2.85. The van der Waals surface area contributed by atoms with Crippen LogP contribution in [0.4, 0.5) is 13.2 Å². The Kier molecular flexibility index (Phi) is 6.43. The lowest BCUT2D eigenvalue weighted by atomic mass is 9.72. The summed E-state index contributed by atoms with van der Waals surface area (Å²) >= 11 is 0. The van der Waals surface area contributed by atoms with Gasteiger partial charge in [-0.3, -0.25) is 9.59 Å². The van der Waals surface area contributed by atoms with E-state index in [2.05, 4.69) is 10.6 Å². The van der Waals surface area contributed by atoms with Crippen molar-refractivity contribution in [1.29, 1.82) is 0 Å². The van der Waals surface area contributed by atoms with E-state index in [-0.39, 0.29) is 41.9 Å². The summed E-state index contributed by atoms with van der Waals surface area (Å²) in [6, 6.07) is 4.35. The maximum atomic E-state index is 12.7. The molecule has 3 saturated heterocycles. The summed E-state index contributed by atoms with van der Waals surface area (Å²) in [7, 11) is 0. The van der Waals surface area contributed by atoms with Crippen molar-refractivity contribution >= 4 is 24.2 Å². The highest BCUT2D eigenvalue weighted by molar-refractivity contribution is 5.94. The van der Waals surface area contributed by atoms with Gasteiger partial charge >= 0.3 is 6.18 Å². The Morgan fingerprint density at radius 3 is 2.55 bits per heavy atom. The standard InChI is InChI=1S/C20H24F3N3O2.ClH/c21-20(22,23)15-6-4-12(5-7-15)19(28)25-11-17-14-8-13(9-24-10-14)16-2-1-3-18(27)26(16)17;/h4-7,13-14,16-17,24H,1-3,8-11H2,(H,25,28);1H/t13-,14+,16+,17+;/m1./s1. The number of piperidine rings is 3. The van der Waals surface area contributed by atoms with Crippen molar-refractivity contribution in [2.45, 2.75) is 43.9 Å². The Bertz CT molecular complexity index is 756. The van der Waals surface area contributed by atoms with E-state index in [0.717, 1.165) is 44.5 Å². The van der Waals surface area contributed by atoms with Gasteiger partial charge in [0.1, 0.15) is 0 Å². The van der Waals surface area contributed by atoms with Gasteiger partial charge in [0.25, 0.3) is 5.91 Å². The van der Waals surface area contributed by atoms with E-state index in [0.29, 0.717) is 18.9 Å². The van der Waals surface area contributed by atoms with Gasteiger partial charge in [0.2, 0.25) is 5.91 Å². The van der Waals surface area contributed by atoms with Crippen LogP contribution in [0.3, 0.4) is 0 Å². The summed E-state index contributed by atoms with van der Waals surface area (Å²) in [4.78, 5) is 27.1. The van der Waals surface area contributed by atoms with E-state index in [1.54, 1.807) is 0 Å². The summed E-state index contributed by atoms with van der Waals surface area (Å²) in [5.41, 5.74) is -0.595. The van der Waals surface area contributed by atoms with Crippen LogP contribution in [0.25, 0.3) is 0 Å². The number of alkyl halides is 3. The van der Waals surface area contributed by atoms with Crippen LogP contribution in [-0.2, 0) is 11.0 Å². The minimum Gasteiger partial charge on any atom is -0.350 e. The number of nitrogens with one attached hydrogen (secondary N) is 2. The van der Waals surface area contributed by atoms with Gasteiger partial charge in [-0.05, 0) is 61.9 Å². The molecule has 3 aliphatic rings. The van der Waals surface area contributed by atoms with Gasteiger partial charge < -0.3 is 15.5 Å². The topological polar surface area (TPSA) is 61.4 Å². The summed E-state index contributed by atoms with van der Waals surface area (Å²) in [5.74, 6) is 0.483. The third-order valence-electron chi connectivity index (χ3n) is 6.35. The van der Waals surface area contributed by atoms with E-state index in [1.807, 2.05) is 4.90 Å². The molecule has 1 aromatic carbocycles. The first-order valence-electron chi connectivity index (χ1n) is 9.82. The normalized spacial score (nSPS) is 28.9. The fraction of sp³-hybridized carbons (Fsp3) is 0.600. The monoisotopic (exact) mass is 431 g/mol. The number of benzene rings is 1. The Morgan fingerprint density at radius 1 is 1.17 bits per heavy atom. The molecular formula is C20H25ClF3N3O2. The zero-order valence-corrected chi connectivity index (χ0v) is 16.7. The predicted molar refractivity (Wildman–Crippen MR) is 104 cm³/mol. The number of nitrogens with zero attached hydrogens (tertiary/aromatic N) is 1. The maximum Gasteiger partial charge on any atom is 0.416 e. The molecule has 2 bridgehead atoms. The molecule has 5 nitrogen and oxygen atoms in total. The average Bonchev–Trinajstić information content (AvgIpc) is 2.68. The molecule has 1 aromatic rings. The number of carbonyl (C=O) groups excluding carboxylic acids is 2. The van der Waals surface area contributed by atoms with Crippen molar-refractivity contribution in [2.75, 3.05) is 19.6 Å². The van der Waals surface area contributed by atoms with Crippen LogP contribution in [0.1, 0.15) is 41.6 Å². The Balaban J connectivity index is 0.00000240. The number of amides is 2. The molecule has 0 radical (unpaired) electrons. The zero-order chi connectivity index (χ0) is 19.9. The number of hydrogen-bond donors (Lipinski definition) is 2. The van der Waals surface area contributed by atoms with Crippen LogP contribution < -0.4 is 10.6 Å². The quantitative estimate of drug-likeness (QED) is 0.773. The molecule has 2 amide bonds. The van der Waals surface area contributed by atoms with Gasteiger partial charge in [-0.25, -0.2) is 0 Å². The highest BCUT2D eigenvalue weighted by Crippen LogP contribution is 2.39. The van der Waals surface area contributed by atoms with Crippen LogP contribution in [0.2, 0.25) is 0 Å². The molecule has 3 fully saturated rings. The van der Waals surface area contributed by atoms with Gasteiger partial charge in [-0.1, -0.05) is 0 Å². The number of carbonyl (C=O) groups is 2. The van der Waals surface area contributed by atoms with Gasteiger partial charge in [0, 0.05) is 31.1 Å². The highest BCUT2D eigenvalue weighted by Gasteiger charge is 2.47. The van der Waals surface area contributed by atoms with E-state index in [4.69, 9.17) is 0 Å². The zero-order valence-electron chi connectivity index (χ0n) is 15.9. The first-order chi connectivity index (χ1) is 13.3. The molecule has 3 aliphatic heterocycles. The minimum absolute atomic E-state index is 0. The molecule has 9 heteroatoms. The summed E-state index contributed by atoms with van der Waals surface area (Å²) in [5, 5.41) is 6.29. The molecule has 0 aromatic heterocycles. The first kappa shape index (κ1) is 21.9. The van der Waals surface area contributed by atoms with Crippen molar-refractivity contribution < 1.29 is 22.8 Å². The molecule has 29 heavy (non-hydrogen) atoms. The second-order valence-corrected chi connectivity index (χ2v) is 8.03. The maximum absolute atomic E-state index is 12.7. The number of hydrogen-bond acceptors (Lipinski definition) is 3. The summed E-state index contributed by atoms with van der Waals surface area (Å²) < 4.78 is 38.0. The number of halogens is 4. The number of rotatable bonds is 3. The molecule has 160 valence electrons. The number of fused-ring (bicyclic) bond motifs is 4. The van der Waals surface area contributed by atoms with E-state index >= 15 is 0 Å². The Morgan fingerprint density at radius 2 is 1.86 bits per heavy atom. The second-order valence-electron chi connectivity index (χ2n) is 8.03. The molecular weight excluding hydrogens is 407 g/mol. The fourth-order valence-corrected chi connectivity index (χ4v) is 5.01. The molecule has 3 heterocycles. The van der Waals surface area contributed by atoms with Crippen molar-refractivity contribution in [3.05, 3.63) is 35.4 Å². The molecule has 4 rings (SSSR count).